The van der Waals surface area contributed by atoms with Crippen LogP contribution in [0.5, 0.6) is 0 Å². The summed E-state index contributed by atoms with van der Waals surface area (Å²) in [4.78, 5) is 14.1. The molecule has 0 fully saturated rings. The molecule has 7 heteroatoms. The molecule has 5 heterocycles. The number of anilines is 3. The lowest BCUT2D eigenvalue weighted by atomic mass is 9.82. The lowest BCUT2D eigenvalue weighted by Crippen LogP contribution is -2.16. The maximum absolute atomic E-state index is 6.28. The Bertz CT molecular complexity index is 5610. The van der Waals surface area contributed by atoms with Crippen molar-refractivity contribution in [3.8, 4) is 39.4 Å². The standard InChI is InChI=1S/C77H50N6O/c1-77(2)63-28-14-9-23-53(63)59-45-61-56-26-11-16-30-68(56)82(72(61)46-64(59)77)51-36-38-65-66(43-51)79-75(80(49-19-5-3-6-20-49)52-35-37-57-54-24-10-15-29-67(54)81(71(57)44-52)50-21-7-4-8-22-50)76(78-65)83-69-31-17-12-25-55(69)60-41-47(33-39-70(60)83)48-34-40-74-62(42-48)58-27-13-18-32-73(58)84-74/h3-46H,1-2H3. The fraction of sp³-hybridized carbons (Fsp3) is 0.0390. The van der Waals surface area contributed by atoms with Crippen molar-refractivity contribution in [2.75, 3.05) is 4.90 Å². The molecule has 0 N–H and O–H groups in total. The maximum atomic E-state index is 6.28. The number of fused-ring (bicyclic) bond motifs is 16. The van der Waals surface area contributed by atoms with Gasteiger partial charge >= 0.3 is 0 Å². The highest BCUT2D eigenvalue weighted by atomic mass is 16.3. The molecule has 12 aromatic carbocycles. The Labute approximate surface area is 482 Å². The summed E-state index contributed by atoms with van der Waals surface area (Å²) in [6.45, 7) is 4.72. The zero-order valence-electron chi connectivity index (χ0n) is 46.0. The van der Waals surface area contributed by atoms with Gasteiger partial charge in [-0.1, -0.05) is 166 Å². The molecule has 0 spiro atoms. The van der Waals surface area contributed by atoms with E-state index < -0.39 is 0 Å². The second-order valence-electron chi connectivity index (χ2n) is 22.9. The summed E-state index contributed by atoms with van der Waals surface area (Å²) in [5.74, 6) is 1.40. The summed E-state index contributed by atoms with van der Waals surface area (Å²) >= 11 is 0. The molecule has 0 saturated heterocycles. The molecule has 0 bridgehead atoms. The molecule has 0 unspecified atom stereocenters. The van der Waals surface area contributed by atoms with E-state index in [2.05, 4.69) is 287 Å². The smallest absolute Gasteiger partial charge is 0.182 e. The Morgan fingerprint density at radius 1 is 0.333 bits per heavy atom. The molecule has 7 nitrogen and oxygen atoms in total. The number of benzene rings is 12. The van der Waals surface area contributed by atoms with E-state index in [0.29, 0.717) is 11.6 Å². The van der Waals surface area contributed by atoms with Gasteiger partial charge in [-0.05, 0) is 149 Å². The van der Waals surface area contributed by atoms with E-state index in [-0.39, 0.29) is 5.41 Å². The highest BCUT2D eigenvalue weighted by molar-refractivity contribution is 6.15. The lowest BCUT2D eigenvalue weighted by molar-refractivity contribution is 0.661. The van der Waals surface area contributed by atoms with Gasteiger partial charge in [0.25, 0.3) is 0 Å². The molecule has 84 heavy (non-hydrogen) atoms. The fourth-order valence-electron chi connectivity index (χ4n) is 14.1. The second kappa shape index (κ2) is 17.5. The van der Waals surface area contributed by atoms with Crippen LogP contribution < -0.4 is 4.90 Å². The third-order valence-electron chi connectivity index (χ3n) is 18.0. The van der Waals surface area contributed by atoms with Crippen molar-refractivity contribution in [2.45, 2.75) is 19.3 Å². The van der Waals surface area contributed by atoms with Crippen LogP contribution in [0, 0.1) is 0 Å². The third-order valence-corrected chi connectivity index (χ3v) is 18.0. The highest BCUT2D eigenvalue weighted by Crippen LogP contribution is 2.52. The molecule has 0 atom stereocenters. The van der Waals surface area contributed by atoms with Crippen molar-refractivity contribution >= 4 is 116 Å². The zero-order chi connectivity index (χ0) is 55.4. The van der Waals surface area contributed by atoms with E-state index in [1.807, 2.05) is 12.1 Å². The van der Waals surface area contributed by atoms with E-state index in [0.717, 1.165) is 111 Å². The first-order valence-electron chi connectivity index (χ1n) is 28.8. The van der Waals surface area contributed by atoms with Crippen molar-refractivity contribution in [3.05, 3.63) is 278 Å². The van der Waals surface area contributed by atoms with Crippen molar-refractivity contribution < 1.29 is 4.42 Å². The van der Waals surface area contributed by atoms with Crippen molar-refractivity contribution in [1.82, 2.24) is 23.7 Å². The Kier molecular flexibility index (Phi) is 9.73. The number of para-hydroxylation sites is 6. The summed E-state index contributed by atoms with van der Waals surface area (Å²) in [7, 11) is 0. The average Bonchev–Trinajstić information content (AvgIpc) is 3.45. The summed E-state index contributed by atoms with van der Waals surface area (Å²) in [6, 6.07) is 96.5. The molecule has 1 aliphatic rings. The SMILES string of the molecule is CC1(C)c2ccccc2-c2cc3c4ccccc4n(-c4ccc5nc(-n6c7ccccc7c7cc(-c8ccc9oc%10ccccc%10c9c8)ccc76)c(N(c6ccccc6)c6ccc7c8ccccc8n(-c8ccccc8)c7c6)nc5c4)c3cc21. The van der Waals surface area contributed by atoms with Crippen LogP contribution in [0.1, 0.15) is 25.0 Å². The van der Waals surface area contributed by atoms with E-state index in [4.69, 9.17) is 14.4 Å². The van der Waals surface area contributed by atoms with Crippen molar-refractivity contribution in [1.29, 1.82) is 0 Å². The zero-order valence-corrected chi connectivity index (χ0v) is 46.0. The average molecular weight is 1080 g/mol. The third kappa shape index (κ3) is 6.69. The normalized spacial score (nSPS) is 13.0. The minimum atomic E-state index is -0.167. The predicted molar refractivity (Wildman–Crippen MR) is 348 cm³/mol. The van der Waals surface area contributed by atoms with Crippen LogP contribution in [-0.4, -0.2) is 23.7 Å². The van der Waals surface area contributed by atoms with Crippen LogP contribution in [0.3, 0.4) is 0 Å². The Balaban J connectivity index is 0.902. The molecule has 1 aliphatic carbocycles. The highest BCUT2D eigenvalue weighted by Gasteiger charge is 2.36. The largest absolute Gasteiger partial charge is 0.456 e. The first kappa shape index (κ1) is 46.7. The molecule has 0 radical (unpaired) electrons. The van der Waals surface area contributed by atoms with Crippen LogP contribution >= 0.6 is 0 Å². The van der Waals surface area contributed by atoms with Gasteiger partial charge in [0, 0.05) is 71.3 Å². The first-order chi connectivity index (χ1) is 41.4. The van der Waals surface area contributed by atoms with Gasteiger partial charge in [-0.3, -0.25) is 9.47 Å². The minimum absolute atomic E-state index is 0.167. The van der Waals surface area contributed by atoms with Gasteiger partial charge in [-0.2, -0.15) is 0 Å². The van der Waals surface area contributed by atoms with Crippen LogP contribution in [0.25, 0.3) is 138 Å². The fourth-order valence-corrected chi connectivity index (χ4v) is 14.1. The maximum Gasteiger partial charge on any atom is 0.182 e. The number of nitrogens with zero attached hydrogens (tertiary/aromatic N) is 6. The summed E-state index contributed by atoms with van der Waals surface area (Å²) in [5.41, 5.74) is 21.3. The number of rotatable bonds is 7. The molecule has 0 amide bonds. The molecule has 0 aliphatic heterocycles. The van der Waals surface area contributed by atoms with Gasteiger partial charge in [-0.15, -0.1) is 0 Å². The van der Waals surface area contributed by atoms with Crippen LogP contribution in [-0.2, 0) is 5.41 Å². The molecular formula is C77H50N6O. The minimum Gasteiger partial charge on any atom is -0.456 e. The van der Waals surface area contributed by atoms with Crippen LogP contribution in [0.2, 0.25) is 0 Å². The van der Waals surface area contributed by atoms with E-state index >= 15 is 0 Å². The Morgan fingerprint density at radius 3 is 1.68 bits per heavy atom. The van der Waals surface area contributed by atoms with Gasteiger partial charge in [-0.25, -0.2) is 9.97 Å². The molecule has 18 rings (SSSR count). The molecule has 0 saturated carbocycles. The summed E-state index contributed by atoms with van der Waals surface area (Å²) in [6.07, 6.45) is 0. The quantitative estimate of drug-likeness (QED) is 0.160. The van der Waals surface area contributed by atoms with Gasteiger partial charge in [0.1, 0.15) is 11.2 Å². The van der Waals surface area contributed by atoms with Crippen LogP contribution in [0.4, 0.5) is 17.2 Å². The second-order valence-corrected chi connectivity index (χ2v) is 22.9. The Hall–Kier alpha value is -11.0. The topological polar surface area (TPSA) is 57.0 Å². The molecule has 394 valence electrons. The monoisotopic (exact) mass is 1070 g/mol. The summed E-state index contributed by atoms with van der Waals surface area (Å²) < 4.78 is 13.4. The van der Waals surface area contributed by atoms with E-state index in [1.54, 1.807) is 0 Å². The molecule has 17 aromatic rings. The van der Waals surface area contributed by atoms with Crippen molar-refractivity contribution in [2.24, 2.45) is 0 Å². The molecular weight excluding hydrogens is 1020 g/mol. The van der Waals surface area contributed by atoms with Crippen LogP contribution in [0.15, 0.2) is 271 Å². The summed E-state index contributed by atoms with van der Waals surface area (Å²) in [5, 5.41) is 9.25. The van der Waals surface area contributed by atoms with E-state index in [9.17, 15) is 0 Å². The van der Waals surface area contributed by atoms with Gasteiger partial charge in [0.15, 0.2) is 11.6 Å². The Morgan fingerprint density at radius 2 is 0.905 bits per heavy atom. The van der Waals surface area contributed by atoms with Gasteiger partial charge in [0.05, 0.1) is 44.1 Å². The van der Waals surface area contributed by atoms with Gasteiger partial charge in [0.2, 0.25) is 0 Å². The molecule has 5 aromatic heterocycles. The van der Waals surface area contributed by atoms with Crippen molar-refractivity contribution in [3.63, 3.8) is 0 Å². The lowest BCUT2D eigenvalue weighted by Gasteiger charge is -2.27. The van der Waals surface area contributed by atoms with Gasteiger partial charge < -0.3 is 13.6 Å². The predicted octanol–water partition coefficient (Wildman–Crippen LogP) is 20.3. The number of furan rings is 1. The van der Waals surface area contributed by atoms with E-state index in [1.165, 1.54) is 43.8 Å². The number of aromatic nitrogens is 5. The number of hydrogen-bond acceptors (Lipinski definition) is 4. The first-order valence-corrected chi connectivity index (χ1v) is 28.8. The number of hydrogen-bond donors (Lipinski definition) is 0.